The Morgan fingerprint density at radius 1 is 1.26 bits per heavy atom. The molecule has 0 saturated carbocycles. The molecule has 0 spiro atoms. The van der Waals surface area contributed by atoms with Gasteiger partial charge in [-0.1, -0.05) is 18.2 Å². The summed E-state index contributed by atoms with van der Waals surface area (Å²) in [6.07, 6.45) is 3.44. The van der Waals surface area contributed by atoms with Crippen molar-refractivity contribution in [2.24, 2.45) is 0 Å². The number of carbonyl (C=O) groups excluding carboxylic acids is 2. The summed E-state index contributed by atoms with van der Waals surface area (Å²) in [6.45, 7) is 12.5. The molecule has 1 aliphatic heterocycles. The quantitative estimate of drug-likeness (QED) is 0.585. The van der Waals surface area contributed by atoms with Gasteiger partial charge in [0.1, 0.15) is 6.61 Å². The second kappa shape index (κ2) is 12.2. The highest BCUT2D eigenvalue weighted by Gasteiger charge is 2.34. The van der Waals surface area contributed by atoms with Crippen LogP contribution >= 0.6 is 0 Å². The summed E-state index contributed by atoms with van der Waals surface area (Å²) in [6, 6.07) is 7.03. The molecule has 3 unspecified atom stereocenters. The maximum absolute atomic E-state index is 12.5. The first-order valence-electron chi connectivity index (χ1n) is 11.6. The van der Waals surface area contributed by atoms with Crippen LogP contribution in [0.25, 0.3) is 0 Å². The number of rotatable bonds is 11. The minimum Gasteiger partial charge on any atom is -0.372 e. The maximum atomic E-state index is 12.5. The maximum Gasteiger partial charge on any atom is 0.249 e. The average molecular weight is 432 g/mol. The number of ether oxygens (including phenoxy) is 1. The SMILES string of the molecule is CCOCC(=O)N1C(C)CCC1CC(C)NCCN(C)C(=O)Cc1ccc(C)c(C)c1. The summed E-state index contributed by atoms with van der Waals surface area (Å²) in [5, 5.41) is 3.53. The Morgan fingerprint density at radius 2 is 2.00 bits per heavy atom. The van der Waals surface area contributed by atoms with Gasteiger partial charge in [-0.2, -0.15) is 0 Å². The van der Waals surface area contributed by atoms with Crippen molar-refractivity contribution in [3.8, 4) is 0 Å². The molecule has 1 aromatic carbocycles. The van der Waals surface area contributed by atoms with Gasteiger partial charge in [0.2, 0.25) is 11.8 Å². The van der Waals surface area contributed by atoms with Gasteiger partial charge >= 0.3 is 0 Å². The van der Waals surface area contributed by atoms with Crippen LogP contribution in [0.2, 0.25) is 0 Å². The number of aryl methyl sites for hydroxylation is 2. The van der Waals surface area contributed by atoms with Gasteiger partial charge in [-0.05, 0) is 70.6 Å². The van der Waals surface area contributed by atoms with Crippen LogP contribution in [0.4, 0.5) is 0 Å². The van der Waals surface area contributed by atoms with Gasteiger partial charge in [-0.25, -0.2) is 0 Å². The van der Waals surface area contributed by atoms with E-state index in [1.165, 1.54) is 11.1 Å². The summed E-state index contributed by atoms with van der Waals surface area (Å²) < 4.78 is 5.33. The van der Waals surface area contributed by atoms with Crippen molar-refractivity contribution in [1.29, 1.82) is 0 Å². The molecule has 1 N–H and O–H groups in total. The smallest absolute Gasteiger partial charge is 0.249 e. The molecular weight excluding hydrogens is 390 g/mol. The van der Waals surface area contributed by atoms with Gasteiger partial charge in [0, 0.05) is 44.9 Å². The first-order valence-corrected chi connectivity index (χ1v) is 11.6. The van der Waals surface area contributed by atoms with Crippen molar-refractivity contribution in [3.63, 3.8) is 0 Å². The fourth-order valence-corrected chi connectivity index (χ4v) is 4.33. The van der Waals surface area contributed by atoms with Crippen molar-refractivity contribution in [1.82, 2.24) is 15.1 Å². The first-order chi connectivity index (χ1) is 14.7. The number of likely N-dealkylation sites (N-methyl/N-ethyl adjacent to an activating group) is 1. The third kappa shape index (κ3) is 7.62. The molecule has 0 aliphatic carbocycles. The Hall–Kier alpha value is -1.92. The Labute approximate surface area is 188 Å². The lowest BCUT2D eigenvalue weighted by Gasteiger charge is -2.31. The molecule has 6 heteroatoms. The van der Waals surface area contributed by atoms with Gasteiger partial charge in [0.15, 0.2) is 0 Å². The predicted octanol–water partition coefficient (Wildman–Crippen LogP) is 3.09. The summed E-state index contributed by atoms with van der Waals surface area (Å²) in [5.41, 5.74) is 3.53. The molecule has 1 aromatic rings. The second-order valence-corrected chi connectivity index (χ2v) is 9.02. The van der Waals surface area contributed by atoms with Crippen LogP contribution in [0.5, 0.6) is 0 Å². The monoisotopic (exact) mass is 431 g/mol. The molecule has 3 atom stereocenters. The summed E-state index contributed by atoms with van der Waals surface area (Å²) >= 11 is 0. The molecule has 2 rings (SSSR count). The van der Waals surface area contributed by atoms with E-state index in [-0.39, 0.29) is 36.5 Å². The van der Waals surface area contributed by atoms with Crippen LogP contribution < -0.4 is 5.32 Å². The third-order valence-corrected chi connectivity index (χ3v) is 6.42. The topological polar surface area (TPSA) is 61.9 Å². The number of amides is 2. The van der Waals surface area contributed by atoms with Crippen molar-refractivity contribution < 1.29 is 14.3 Å². The van der Waals surface area contributed by atoms with Crippen molar-refractivity contribution in [2.75, 3.05) is 33.4 Å². The van der Waals surface area contributed by atoms with Gasteiger partial charge < -0.3 is 19.9 Å². The van der Waals surface area contributed by atoms with Crippen LogP contribution in [0, 0.1) is 13.8 Å². The standard InChI is InChI=1S/C25H41N3O3/c1-7-31-17-25(30)28-21(5)9-11-23(28)15-20(4)26-12-13-27(6)24(29)16-22-10-8-18(2)19(3)14-22/h8,10,14,20-21,23,26H,7,9,11-13,15-17H2,1-6H3. The number of hydrogen-bond acceptors (Lipinski definition) is 4. The number of carbonyl (C=O) groups is 2. The molecule has 1 fully saturated rings. The van der Waals surface area contributed by atoms with Crippen LogP contribution in [-0.2, 0) is 20.7 Å². The van der Waals surface area contributed by atoms with E-state index in [0.29, 0.717) is 19.6 Å². The minimum absolute atomic E-state index is 0.0979. The molecule has 174 valence electrons. The van der Waals surface area contributed by atoms with E-state index in [1.54, 1.807) is 4.90 Å². The van der Waals surface area contributed by atoms with Crippen molar-refractivity contribution >= 4 is 11.8 Å². The molecule has 0 aromatic heterocycles. The molecule has 31 heavy (non-hydrogen) atoms. The number of nitrogens with one attached hydrogen (secondary N) is 1. The summed E-state index contributed by atoms with van der Waals surface area (Å²) in [4.78, 5) is 28.9. The first kappa shape index (κ1) is 25.3. The largest absolute Gasteiger partial charge is 0.372 e. The lowest BCUT2D eigenvalue weighted by Crippen LogP contribution is -2.45. The fraction of sp³-hybridized carbons (Fsp3) is 0.680. The fourth-order valence-electron chi connectivity index (χ4n) is 4.33. The van der Waals surface area contributed by atoms with Crippen molar-refractivity contribution in [3.05, 3.63) is 34.9 Å². The molecule has 0 radical (unpaired) electrons. The Morgan fingerprint density at radius 3 is 2.68 bits per heavy atom. The Bertz CT molecular complexity index is 737. The lowest BCUT2D eigenvalue weighted by atomic mass is 10.0. The van der Waals surface area contributed by atoms with E-state index in [2.05, 4.69) is 45.1 Å². The van der Waals surface area contributed by atoms with Crippen LogP contribution in [-0.4, -0.2) is 73.1 Å². The second-order valence-electron chi connectivity index (χ2n) is 9.02. The summed E-state index contributed by atoms with van der Waals surface area (Å²) in [5.74, 6) is 0.232. The van der Waals surface area contributed by atoms with E-state index in [1.807, 2.05) is 24.9 Å². The van der Waals surface area contributed by atoms with E-state index in [9.17, 15) is 9.59 Å². The van der Waals surface area contributed by atoms with E-state index < -0.39 is 0 Å². The van der Waals surface area contributed by atoms with Crippen LogP contribution in [0.1, 0.15) is 56.7 Å². The zero-order valence-electron chi connectivity index (χ0n) is 20.2. The number of likely N-dealkylation sites (tertiary alicyclic amines) is 1. The number of benzene rings is 1. The molecule has 1 aliphatic rings. The van der Waals surface area contributed by atoms with Gasteiger partial charge in [-0.15, -0.1) is 0 Å². The highest BCUT2D eigenvalue weighted by Crippen LogP contribution is 2.27. The van der Waals surface area contributed by atoms with Crippen molar-refractivity contribution in [2.45, 2.75) is 78.4 Å². The van der Waals surface area contributed by atoms with Gasteiger partial charge in [0.25, 0.3) is 0 Å². The zero-order chi connectivity index (χ0) is 23.0. The van der Waals surface area contributed by atoms with Gasteiger partial charge in [0.05, 0.1) is 6.42 Å². The van der Waals surface area contributed by atoms with E-state index >= 15 is 0 Å². The highest BCUT2D eigenvalue weighted by molar-refractivity contribution is 5.79. The lowest BCUT2D eigenvalue weighted by molar-refractivity contribution is -0.138. The number of nitrogens with zero attached hydrogens (tertiary/aromatic N) is 2. The molecular formula is C25H41N3O3. The van der Waals surface area contributed by atoms with E-state index in [0.717, 1.165) is 31.4 Å². The Balaban J connectivity index is 1.75. The van der Waals surface area contributed by atoms with Crippen LogP contribution in [0.3, 0.4) is 0 Å². The highest BCUT2D eigenvalue weighted by atomic mass is 16.5. The molecule has 1 saturated heterocycles. The third-order valence-electron chi connectivity index (χ3n) is 6.42. The van der Waals surface area contributed by atoms with Gasteiger partial charge in [-0.3, -0.25) is 9.59 Å². The number of hydrogen-bond donors (Lipinski definition) is 1. The van der Waals surface area contributed by atoms with Crippen LogP contribution in [0.15, 0.2) is 18.2 Å². The molecule has 6 nitrogen and oxygen atoms in total. The molecule has 2 amide bonds. The van der Waals surface area contributed by atoms with E-state index in [4.69, 9.17) is 4.74 Å². The zero-order valence-corrected chi connectivity index (χ0v) is 20.2. The molecule has 1 heterocycles. The normalized spacial score (nSPS) is 19.5. The summed E-state index contributed by atoms with van der Waals surface area (Å²) in [7, 11) is 1.86. The molecule has 0 bridgehead atoms. The Kier molecular flexibility index (Phi) is 9.97. The predicted molar refractivity (Wildman–Crippen MR) is 125 cm³/mol. The average Bonchev–Trinajstić information content (AvgIpc) is 3.08. The minimum atomic E-state index is 0.0979.